The van der Waals surface area contributed by atoms with Crippen molar-refractivity contribution in [1.82, 2.24) is 10.4 Å². The number of nitrogens with zero attached hydrogens (tertiary/aromatic N) is 2. The number of rotatable bonds is 2. The van der Waals surface area contributed by atoms with Gasteiger partial charge in [-0.25, -0.2) is 24.9 Å². The molecule has 1 aromatic carbocycles. The van der Waals surface area contributed by atoms with Crippen LogP contribution in [0.25, 0.3) is 0 Å². The topological polar surface area (TPSA) is 79.0 Å². The zero-order valence-electron chi connectivity index (χ0n) is 14.2. The first-order chi connectivity index (χ1) is 10.9. The highest BCUT2D eigenvalue weighted by molar-refractivity contribution is 6.30. The number of hydrogen-bond donors (Lipinski definition) is 1. The Hall–Kier alpha value is -2.28. The van der Waals surface area contributed by atoms with Gasteiger partial charge in [-0.15, -0.1) is 0 Å². The molecule has 0 saturated carbocycles. The van der Waals surface area contributed by atoms with Crippen molar-refractivity contribution in [2.24, 2.45) is 0 Å². The second kappa shape index (κ2) is 5.98. The molecule has 0 atom stereocenters. The van der Waals surface area contributed by atoms with Crippen LogP contribution in [0.3, 0.4) is 0 Å². The van der Waals surface area contributed by atoms with Gasteiger partial charge in [0.2, 0.25) is 0 Å². The van der Waals surface area contributed by atoms with Crippen LogP contribution in [-0.2, 0) is 9.53 Å². The summed E-state index contributed by atoms with van der Waals surface area (Å²) < 4.78 is 5.14. The van der Waals surface area contributed by atoms with Gasteiger partial charge < -0.3 is 4.74 Å². The van der Waals surface area contributed by atoms with E-state index in [0.29, 0.717) is 10.7 Å². The van der Waals surface area contributed by atoms with Crippen molar-refractivity contribution in [2.75, 3.05) is 4.90 Å². The number of anilines is 1. The second-order valence-electron chi connectivity index (χ2n) is 6.91. The molecule has 1 fully saturated rings. The van der Waals surface area contributed by atoms with Gasteiger partial charge in [-0.2, -0.15) is 0 Å². The summed E-state index contributed by atoms with van der Waals surface area (Å²) in [6.45, 7) is 8.19. The lowest BCUT2D eigenvalue weighted by molar-refractivity contribution is -0.124. The zero-order chi connectivity index (χ0) is 18.3. The van der Waals surface area contributed by atoms with Crippen molar-refractivity contribution < 1.29 is 19.1 Å². The number of nitrogens with one attached hydrogen (secondary N) is 1. The molecule has 1 heterocycles. The largest absolute Gasteiger partial charge is 0.443 e. The number of benzene rings is 1. The van der Waals surface area contributed by atoms with E-state index in [1.54, 1.807) is 58.9 Å². The lowest BCUT2D eigenvalue weighted by Gasteiger charge is -2.29. The average Bonchev–Trinajstić information content (AvgIpc) is 2.59. The maximum absolute atomic E-state index is 12.6. The van der Waals surface area contributed by atoms with E-state index in [0.717, 1.165) is 9.91 Å². The number of amides is 4. The molecule has 0 spiro atoms. The zero-order valence-corrected chi connectivity index (χ0v) is 15.0. The first-order valence-corrected chi connectivity index (χ1v) is 7.75. The molecule has 0 radical (unpaired) electrons. The van der Waals surface area contributed by atoms with Crippen LogP contribution >= 0.6 is 11.6 Å². The molecule has 1 saturated heterocycles. The molecule has 24 heavy (non-hydrogen) atoms. The van der Waals surface area contributed by atoms with Crippen LogP contribution in [0.15, 0.2) is 24.3 Å². The lowest BCUT2D eigenvalue weighted by atomic mass is 10.1. The predicted molar refractivity (Wildman–Crippen MR) is 89.6 cm³/mol. The minimum absolute atomic E-state index is 0.371. The van der Waals surface area contributed by atoms with Gasteiger partial charge in [0.15, 0.2) is 0 Å². The predicted octanol–water partition coefficient (Wildman–Crippen LogP) is 3.33. The average molecular weight is 354 g/mol. The van der Waals surface area contributed by atoms with Gasteiger partial charge in [0.25, 0.3) is 5.91 Å². The van der Waals surface area contributed by atoms with Gasteiger partial charge in [-0.1, -0.05) is 11.6 Å². The third-order valence-electron chi connectivity index (χ3n) is 3.35. The minimum Gasteiger partial charge on any atom is -0.443 e. The maximum atomic E-state index is 12.6. The van der Waals surface area contributed by atoms with E-state index in [1.165, 1.54) is 0 Å². The highest BCUT2D eigenvalue weighted by atomic mass is 35.5. The molecular weight excluding hydrogens is 334 g/mol. The van der Waals surface area contributed by atoms with Crippen LogP contribution in [0.5, 0.6) is 0 Å². The molecule has 1 aromatic rings. The first-order valence-electron chi connectivity index (χ1n) is 7.37. The summed E-state index contributed by atoms with van der Waals surface area (Å²) >= 11 is 5.83. The van der Waals surface area contributed by atoms with Crippen LogP contribution < -0.4 is 10.3 Å². The fourth-order valence-corrected chi connectivity index (χ4v) is 2.32. The van der Waals surface area contributed by atoms with E-state index in [2.05, 4.69) is 5.43 Å². The minimum atomic E-state index is -1.26. The number of imide groups is 1. The molecular formula is C16H20ClN3O4. The van der Waals surface area contributed by atoms with E-state index in [-0.39, 0.29) is 0 Å². The van der Waals surface area contributed by atoms with E-state index >= 15 is 0 Å². The Balaban J connectivity index is 2.27. The molecule has 8 heteroatoms. The summed E-state index contributed by atoms with van der Waals surface area (Å²) in [5.74, 6) is -0.467. The fourth-order valence-electron chi connectivity index (χ4n) is 2.19. The van der Waals surface area contributed by atoms with Crippen molar-refractivity contribution in [3.8, 4) is 0 Å². The fraction of sp³-hybridized carbons (Fsp3) is 0.438. The summed E-state index contributed by atoms with van der Waals surface area (Å²) in [7, 11) is 0. The Morgan fingerprint density at radius 2 is 1.71 bits per heavy atom. The SMILES string of the molecule is CC(C)(C)OC(=O)NN1C(=O)N(c2ccc(Cl)cc2)C(=O)C1(C)C. The smallest absolute Gasteiger partial charge is 0.426 e. The molecule has 0 unspecified atom stereocenters. The lowest BCUT2D eigenvalue weighted by Crippen LogP contribution is -2.55. The van der Waals surface area contributed by atoms with E-state index in [1.807, 2.05) is 0 Å². The molecule has 7 nitrogen and oxygen atoms in total. The Labute approximate surface area is 145 Å². The van der Waals surface area contributed by atoms with Crippen LogP contribution in [0, 0.1) is 0 Å². The third-order valence-corrected chi connectivity index (χ3v) is 3.61. The summed E-state index contributed by atoms with van der Waals surface area (Å²) in [5, 5.41) is 1.46. The van der Waals surface area contributed by atoms with Gasteiger partial charge in [0, 0.05) is 5.02 Å². The number of halogens is 1. The number of hydrogen-bond acceptors (Lipinski definition) is 4. The van der Waals surface area contributed by atoms with Gasteiger partial charge in [0.05, 0.1) is 5.69 Å². The van der Waals surface area contributed by atoms with Crippen LogP contribution in [0.1, 0.15) is 34.6 Å². The molecule has 1 N–H and O–H groups in total. The van der Waals surface area contributed by atoms with Crippen molar-refractivity contribution in [1.29, 1.82) is 0 Å². The normalized spacial score (nSPS) is 17.2. The summed E-state index contributed by atoms with van der Waals surface area (Å²) in [6, 6.07) is 5.61. The maximum Gasteiger partial charge on any atom is 0.426 e. The van der Waals surface area contributed by atoms with Gasteiger partial charge in [-0.05, 0) is 58.9 Å². The Bertz CT molecular complexity index is 680. The Morgan fingerprint density at radius 1 is 1.17 bits per heavy atom. The third kappa shape index (κ3) is 3.46. The molecule has 2 rings (SSSR count). The number of urea groups is 1. The van der Waals surface area contributed by atoms with Crippen LogP contribution in [0.4, 0.5) is 15.3 Å². The Kier molecular flexibility index (Phi) is 4.50. The van der Waals surface area contributed by atoms with E-state index in [4.69, 9.17) is 16.3 Å². The van der Waals surface area contributed by atoms with Crippen molar-refractivity contribution in [3.63, 3.8) is 0 Å². The van der Waals surface area contributed by atoms with Crippen LogP contribution in [-0.4, -0.2) is 34.2 Å². The van der Waals surface area contributed by atoms with Gasteiger partial charge >= 0.3 is 12.1 Å². The van der Waals surface area contributed by atoms with E-state index < -0.39 is 29.2 Å². The highest BCUT2D eigenvalue weighted by Gasteiger charge is 2.53. The molecule has 130 valence electrons. The number of ether oxygens (including phenoxy) is 1. The highest BCUT2D eigenvalue weighted by Crippen LogP contribution is 2.31. The van der Waals surface area contributed by atoms with E-state index in [9.17, 15) is 14.4 Å². The van der Waals surface area contributed by atoms with Crippen molar-refractivity contribution >= 4 is 35.3 Å². The Morgan fingerprint density at radius 3 is 2.21 bits per heavy atom. The molecule has 4 amide bonds. The molecule has 1 aliphatic rings. The monoisotopic (exact) mass is 353 g/mol. The first kappa shape index (κ1) is 18.1. The van der Waals surface area contributed by atoms with Crippen molar-refractivity contribution in [3.05, 3.63) is 29.3 Å². The number of carbonyl (C=O) groups is 3. The number of carbonyl (C=O) groups excluding carboxylic acids is 3. The molecule has 0 aromatic heterocycles. The van der Waals surface area contributed by atoms with Gasteiger partial charge in [0.1, 0.15) is 11.1 Å². The quantitative estimate of drug-likeness (QED) is 0.827. The molecule has 0 bridgehead atoms. The second-order valence-corrected chi connectivity index (χ2v) is 7.34. The number of hydrazine groups is 1. The summed E-state index contributed by atoms with van der Waals surface area (Å²) in [6.07, 6.45) is -0.810. The standard InChI is InChI=1S/C16H20ClN3O4/c1-15(2,3)24-13(22)18-20-14(23)19(12(21)16(20,4)5)11-8-6-10(17)7-9-11/h6-9H,1-5H3,(H,18,22). The van der Waals surface area contributed by atoms with Crippen LogP contribution in [0.2, 0.25) is 5.02 Å². The molecule has 0 aliphatic carbocycles. The van der Waals surface area contributed by atoms with Crippen molar-refractivity contribution in [2.45, 2.75) is 45.8 Å². The molecule has 1 aliphatic heterocycles. The summed E-state index contributed by atoms with van der Waals surface area (Å²) in [5.41, 5.74) is 0.741. The van der Waals surface area contributed by atoms with Gasteiger partial charge in [-0.3, -0.25) is 4.79 Å². The summed E-state index contributed by atoms with van der Waals surface area (Å²) in [4.78, 5) is 38.2.